The zero-order valence-corrected chi connectivity index (χ0v) is 9.01. The van der Waals surface area contributed by atoms with Gasteiger partial charge in [-0.15, -0.1) is 0 Å². The lowest BCUT2D eigenvalue weighted by atomic mass is 9.59. The number of nitrogens with one attached hydrogen (secondary N) is 1. The van der Waals surface area contributed by atoms with Gasteiger partial charge in [0.15, 0.2) is 0 Å². The minimum absolute atomic E-state index is 0.439. The van der Waals surface area contributed by atoms with Crippen molar-refractivity contribution in [1.82, 2.24) is 14.9 Å². The highest BCUT2D eigenvalue weighted by molar-refractivity contribution is 6.29. The van der Waals surface area contributed by atoms with Crippen molar-refractivity contribution in [2.75, 3.05) is 6.54 Å². The van der Waals surface area contributed by atoms with Gasteiger partial charge in [0.25, 0.3) is 0 Å². The molecular formula is C10H14ClN3. The van der Waals surface area contributed by atoms with Crippen LogP contribution in [-0.4, -0.2) is 16.1 Å². The van der Waals surface area contributed by atoms with Crippen LogP contribution in [0.2, 0.25) is 5.15 Å². The minimum atomic E-state index is 0.439. The molecule has 1 aliphatic heterocycles. The van der Waals surface area contributed by atoms with Crippen LogP contribution >= 0.6 is 11.6 Å². The molecule has 1 atom stereocenters. The van der Waals surface area contributed by atoms with Gasteiger partial charge >= 0.3 is 0 Å². The second-order valence-corrected chi connectivity index (χ2v) is 4.92. The van der Waals surface area contributed by atoms with Crippen LogP contribution < -0.4 is 5.32 Å². The molecule has 3 nitrogen and oxygen atoms in total. The van der Waals surface area contributed by atoms with E-state index in [0.717, 1.165) is 17.5 Å². The quantitative estimate of drug-likeness (QED) is 0.769. The van der Waals surface area contributed by atoms with E-state index in [0.29, 0.717) is 11.5 Å². The summed E-state index contributed by atoms with van der Waals surface area (Å²) in [6.45, 7) is 1.15. The molecule has 0 amide bonds. The van der Waals surface area contributed by atoms with E-state index in [1.54, 1.807) is 6.20 Å². The maximum Gasteiger partial charge on any atom is 0.128 e. The first-order valence-electron chi connectivity index (χ1n) is 5.13. The van der Waals surface area contributed by atoms with Gasteiger partial charge in [0, 0.05) is 19.0 Å². The third-order valence-corrected chi connectivity index (χ3v) is 4.20. The molecule has 1 aromatic rings. The summed E-state index contributed by atoms with van der Waals surface area (Å²) < 4.78 is 1.98. The molecule has 1 saturated carbocycles. The molecule has 1 aromatic heterocycles. The molecule has 1 N–H and O–H groups in total. The molecule has 2 aliphatic rings. The smallest absolute Gasteiger partial charge is 0.128 e. The average Bonchev–Trinajstić information content (AvgIpc) is 2.32. The molecule has 2 heterocycles. The fourth-order valence-corrected chi connectivity index (χ4v) is 2.76. The van der Waals surface area contributed by atoms with E-state index in [1.165, 1.54) is 19.3 Å². The second kappa shape index (κ2) is 2.74. The third kappa shape index (κ3) is 0.943. The largest absolute Gasteiger partial charge is 0.321 e. The Morgan fingerprint density at radius 2 is 2.43 bits per heavy atom. The SMILES string of the molecule is Cn1c(Cl)cnc1C1NCC12CCC2. The summed E-state index contributed by atoms with van der Waals surface area (Å²) in [5.41, 5.74) is 0.516. The first kappa shape index (κ1) is 8.74. The molecule has 2 fully saturated rings. The van der Waals surface area contributed by atoms with Gasteiger partial charge < -0.3 is 9.88 Å². The lowest BCUT2D eigenvalue weighted by molar-refractivity contribution is -0.0112. The van der Waals surface area contributed by atoms with Crippen molar-refractivity contribution < 1.29 is 0 Å². The molecular weight excluding hydrogens is 198 g/mol. The second-order valence-electron chi connectivity index (χ2n) is 4.53. The standard InChI is InChI=1S/C10H14ClN3/c1-14-7(11)5-12-9(14)8-10(6-13-8)3-2-4-10/h5,8,13H,2-4,6H2,1H3. The van der Waals surface area contributed by atoms with Gasteiger partial charge in [0.1, 0.15) is 11.0 Å². The summed E-state index contributed by atoms with van der Waals surface area (Å²) in [4.78, 5) is 4.38. The first-order chi connectivity index (χ1) is 6.73. The van der Waals surface area contributed by atoms with Gasteiger partial charge in [-0.25, -0.2) is 4.98 Å². The molecule has 1 saturated heterocycles. The summed E-state index contributed by atoms with van der Waals surface area (Å²) in [5.74, 6) is 1.10. The Labute approximate surface area is 88.5 Å². The molecule has 0 bridgehead atoms. The van der Waals surface area contributed by atoms with Gasteiger partial charge in [-0.1, -0.05) is 18.0 Å². The van der Waals surface area contributed by atoms with Gasteiger partial charge in [-0.2, -0.15) is 0 Å². The number of imidazole rings is 1. The predicted molar refractivity (Wildman–Crippen MR) is 55.2 cm³/mol. The maximum absolute atomic E-state index is 5.98. The lowest BCUT2D eigenvalue weighted by Crippen LogP contribution is -2.60. The average molecular weight is 212 g/mol. The maximum atomic E-state index is 5.98. The van der Waals surface area contributed by atoms with E-state index in [-0.39, 0.29) is 0 Å². The summed E-state index contributed by atoms with van der Waals surface area (Å²) in [5, 5.41) is 4.19. The van der Waals surface area contributed by atoms with Crippen molar-refractivity contribution in [3.63, 3.8) is 0 Å². The van der Waals surface area contributed by atoms with Crippen molar-refractivity contribution in [2.24, 2.45) is 12.5 Å². The molecule has 76 valence electrons. The molecule has 4 heteroatoms. The Balaban J connectivity index is 1.92. The Hall–Kier alpha value is -0.540. The number of nitrogens with zero attached hydrogens (tertiary/aromatic N) is 2. The summed E-state index contributed by atoms with van der Waals surface area (Å²) in [7, 11) is 1.98. The molecule has 1 aliphatic carbocycles. The Morgan fingerprint density at radius 3 is 2.79 bits per heavy atom. The zero-order valence-electron chi connectivity index (χ0n) is 8.26. The molecule has 0 radical (unpaired) electrons. The number of hydrogen-bond donors (Lipinski definition) is 1. The van der Waals surface area contributed by atoms with Crippen LogP contribution in [0.3, 0.4) is 0 Å². The summed E-state index contributed by atoms with van der Waals surface area (Å²) in [6.07, 6.45) is 5.80. The van der Waals surface area contributed by atoms with Crippen LogP contribution in [0.15, 0.2) is 6.20 Å². The Bertz CT molecular complexity index is 362. The van der Waals surface area contributed by atoms with E-state index in [2.05, 4.69) is 10.3 Å². The fourth-order valence-electron chi connectivity index (χ4n) is 2.62. The van der Waals surface area contributed by atoms with E-state index < -0.39 is 0 Å². The van der Waals surface area contributed by atoms with Crippen LogP contribution in [0.5, 0.6) is 0 Å². The highest BCUT2D eigenvalue weighted by Crippen LogP contribution is 2.54. The molecule has 1 unspecified atom stereocenters. The highest BCUT2D eigenvalue weighted by atomic mass is 35.5. The molecule has 0 aromatic carbocycles. The van der Waals surface area contributed by atoms with Gasteiger partial charge in [0.05, 0.1) is 12.2 Å². The van der Waals surface area contributed by atoms with Crippen molar-refractivity contribution in [3.05, 3.63) is 17.2 Å². The highest BCUT2D eigenvalue weighted by Gasteiger charge is 2.52. The Morgan fingerprint density at radius 1 is 1.64 bits per heavy atom. The van der Waals surface area contributed by atoms with E-state index in [1.807, 2.05) is 11.6 Å². The minimum Gasteiger partial charge on any atom is -0.321 e. The van der Waals surface area contributed by atoms with Gasteiger partial charge in [-0.3, -0.25) is 0 Å². The van der Waals surface area contributed by atoms with Crippen LogP contribution in [-0.2, 0) is 7.05 Å². The molecule has 1 spiro atoms. The van der Waals surface area contributed by atoms with Crippen molar-refractivity contribution in [3.8, 4) is 0 Å². The monoisotopic (exact) mass is 211 g/mol. The normalized spacial score (nSPS) is 28.6. The molecule has 3 rings (SSSR count). The summed E-state index contributed by atoms with van der Waals surface area (Å²) >= 11 is 5.98. The van der Waals surface area contributed by atoms with E-state index in [4.69, 9.17) is 11.6 Å². The number of hydrogen-bond acceptors (Lipinski definition) is 2. The first-order valence-corrected chi connectivity index (χ1v) is 5.51. The lowest BCUT2D eigenvalue weighted by Gasteiger charge is -2.56. The fraction of sp³-hybridized carbons (Fsp3) is 0.700. The van der Waals surface area contributed by atoms with E-state index >= 15 is 0 Å². The van der Waals surface area contributed by atoms with Crippen molar-refractivity contribution in [1.29, 1.82) is 0 Å². The predicted octanol–water partition coefficient (Wildman–Crippen LogP) is 1.89. The summed E-state index contributed by atoms with van der Waals surface area (Å²) in [6, 6.07) is 0.439. The zero-order chi connectivity index (χ0) is 9.76. The van der Waals surface area contributed by atoms with Crippen LogP contribution in [0.1, 0.15) is 31.1 Å². The number of halogens is 1. The topological polar surface area (TPSA) is 29.9 Å². The Kier molecular flexibility index (Phi) is 1.71. The number of aromatic nitrogens is 2. The van der Waals surface area contributed by atoms with Crippen LogP contribution in [0.4, 0.5) is 0 Å². The van der Waals surface area contributed by atoms with Crippen LogP contribution in [0, 0.1) is 5.41 Å². The molecule has 14 heavy (non-hydrogen) atoms. The van der Waals surface area contributed by atoms with E-state index in [9.17, 15) is 0 Å². The van der Waals surface area contributed by atoms with Gasteiger partial charge in [-0.05, 0) is 12.8 Å². The third-order valence-electron chi connectivity index (χ3n) is 3.85. The van der Waals surface area contributed by atoms with Gasteiger partial charge in [0.2, 0.25) is 0 Å². The van der Waals surface area contributed by atoms with Crippen molar-refractivity contribution in [2.45, 2.75) is 25.3 Å². The van der Waals surface area contributed by atoms with Crippen molar-refractivity contribution >= 4 is 11.6 Å². The number of rotatable bonds is 1. The van der Waals surface area contributed by atoms with Crippen LogP contribution in [0.25, 0.3) is 0 Å².